The van der Waals surface area contributed by atoms with Crippen LogP contribution in [0.25, 0.3) is 11.4 Å². The van der Waals surface area contributed by atoms with E-state index in [1.54, 1.807) is 11.8 Å². The lowest BCUT2D eigenvalue weighted by atomic mass is 9.95. The number of nitrogens with one attached hydrogen (secondary N) is 1. The van der Waals surface area contributed by atoms with E-state index in [9.17, 15) is 4.79 Å². The summed E-state index contributed by atoms with van der Waals surface area (Å²) in [4.78, 5) is 17.2. The molecule has 3 aromatic carbocycles. The van der Waals surface area contributed by atoms with Crippen LogP contribution in [-0.4, -0.2) is 27.8 Å². The van der Waals surface area contributed by atoms with Gasteiger partial charge in [-0.25, -0.2) is 4.68 Å². The number of amides is 1. The molecule has 5 rings (SSSR count). The smallest absolute Gasteiger partial charge is 0.248 e. The number of carbonyl (C=O) groups is 1. The molecule has 1 aromatic heterocycles. The van der Waals surface area contributed by atoms with Crippen LogP contribution in [0.4, 0.5) is 5.95 Å². The lowest BCUT2D eigenvalue weighted by molar-refractivity contribution is -0.115. The SMILES string of the molecule is COc1ccccc1-c1nc2n(n1)C(c1ccc(OCc3ccccc3)cc1)C(C(N)=O)=C(C)N2. The Morgan fingerprint density at radius 3 is 2.46 bits per heavy atom. The number of ether oxygens (including phenoxy) is 2. The summed E-state index contributed by atoms with van der Waals surface area (Å²) in [6, 6.07) is 24.6. The van der Waals surface area contributed by atoms with Gasteiger partial charge in [0.1, 0.15) is 24.1 Å². The summed E-state index contributed by atoms with van der Waals surface area (Å²) in [5.41, 5.74) is 9.54. The normalized spacial score (nSPS) is 14.7. The van der Waals surface area contributed by atoms with E-state index in [4.69, 9.17) is 20.3 Å². The third kappa shape index (κ3) is 4.33. The average Bonchev–Trinajstić information content (AvgIpc) is 3.31. The van der Waals surface area contributed by atoms with Crippen LogP contribution in [-0.2, 0) is 11.4 Å². The molecule has 3 N–H and O–H groups in total. The first-order valence-electron chi connectivity index (χ1n) is 11.2. The number of rotatable bonds is 7. The molecule has 0 fully saturated rings. The van der Waals surface area contributed by atoms with Crippen LogP contribution >= 0.6 is 0 Å². The maximum atomic E-state index is 12.5. The van der Waals surface area contributed by atoms with Crippen molar-refractivity contribution in [1.82, 2.24) is 14.8 Å². The lowest BCUT2D eigenvalue weighted by Crippen LogP contribution is -2.31. The van der Waals surface area contributed by atoms with Gasteiger partial charge >= 0.3 is 0 Å². The van der Waals surface area contributed by atoms with E-state index < -0.39 is 11.9 Å². The van der Waals surface area contributed by atoms with Crippen molar-refractivity contribution in [2.45, 2.75) is 19.6 Å². The predicted octanol–water partition coefficient (Wildman–Crippen LogP) is 4.31. The topological polar surface area (TPSA) is 104 Å². The zero-order chi connectivity index (χ0) is 24.4. The summed E-state index contributed by atoms with van der Waals surface area (Å²) in [5.74, 6) is 1.86. The molecule has 4 aromatic rings. The Hall–Kier alpha value is -4.59. The van der Waals surface area contributed by atoms with Crippen LogP contribution in [0, 0.1) is 0 Å². The van der Waals surface area contributed by atoms with Gasteiger partial charge in [0.05, 0.1) is 18.2 Å². The molecule has 35 heavy (non-hydrogen) atoms. The Bertz CT molecular complexity index is 1390. The van der Waals surface area contributed by atoms with E-state index in [0.29, 0.717) is 35.4 Å². The number of nitrogens with two attached hydrogens (primary N) is 1. The van der Waals surface area contributed by atoms with Gasteiger partial charge in [-0.3, -0.25) is 4.79 Å². The van der Waals surface area contributed by atoms with Gasteiger partial charge in [-0.2, -0.15) is 4.98 Å². The molecule has 2 heterocycles. The Balaban J connectivity index is 1.50. The average molecular weight is 468 g/mol. The van der Waals surface area contributed by atoms with E-state index in [1.807, 2.05) is 85.8 Å². The lowest BCUT2D eigenvalue weighted by Gasteiger charge is -2.27. The number of hydrogen-bond acceptors (Lipinski definition) is 6. The molecule has 8 heteroatoms. The Morgan fingerprint density at radius 1 is 1.03 bits per heavy atom. The molecule has 176 valence electrons. The summed E-state index contributed by atoms with van der Waals surface area (Å²) in [5, 5.41) is 7.91. The van der Waals surface area contributed by atoms with E-state index in [2.05, 4.69) is 10.3 Å². The molecular formula is C27H25N5O3. The molecule has 8 nitrogen and oxygen atoms in total. The third-order valence-corrected chi connectivity index (χ3v) is 5.91. The van der Waals surface area contributed by atoms with Crippen molar-refractivity contribution in [3.05, 3.63) is 101 Å². The quantitative estimate of drug-likeness (QED) is 0.420. The number of anilines is 1. The Labute approximate surface area is 203 Å². The molecule has 1 unspecified atom stereocenters. The van der Waals surface area contributed by atoms with E-state index in [1.165, 1.54) is 0 Å². The minimum absolute atomic E-state index is 0.423. The number of carbonyl (C=O) groups excluding carboxylic acids is 1. The number of aromatic nitrogens is 3. The number of nitrogens with zero attached hydrogens (tertiary/aromatic N) is 3. The predicted molar refractivity (Wildman–Crippen MR) is 133 cm³/mol. The van der Waals surface area contributed by atoms with E-state index >= 15 is 0 Å². The monoisotopic (exact) mass is 467 g/mol. The van der Waals surface area contributed by atoms with Crippen LogP contribution in [0.1, 0.15) is 24.1 Å². The maximum absolute atomic E-state index is 12.5. The summed E-state index contributed by atoms with van der Waals surface area (Å²) >= 11 is 0. The number of benzene rings is 3. The van der Waals surface area contributed by atoms with Crippen molar-refractivity contribution in [1.29, 1.82) is 0 Å². The van der Waals surface area contributed by atoms with Crippen molar-refractivity contribution in [3.63, 3.8) is 0 Å². The molecule has 1 atom stereocenters. The number of primary amides is 1. The summed E-state index contributed by atoms with van der Waals surface area (Å²) in [7, 11) is 1.61. The number of para-hydroxylation sites is 1. The van der Waals surface area contributed by atoms with Crippen molar-refractivity contribution in [2.75, 3.05) is 12.4 Å². The molecular weight excluding hydrogens is 442 g/mol. The largest absolute Gasteiger partial charge is 0.496 e. The highest BCUT2D eigenvalue weighted by atomic mass is 16.5. The van der Waals surface area contributed by atoms with Gasteiger partial charge in [0, 0.05) is 5.70 Å². The number of methoxy groups -OCH3 is 1. The second kappa shape index (κ2) is 9.34. The van der Waals surface area contributed by atoms with Gasteiger partial charge in [-0.1, -0.05) is 54.6 Å². The fourth-order valence-corrected chi connectivity index (χ4v) is 4.21. The fraction of sp³-hybridized carbons (Fsp3) is 0.148. The first-order chi connectivity index (χ1) is 17.0. The minimum Gasteiger partial charge on any atom is -0.496 e. The minimum atomic E-state index is -0.539. The van der Waals surface area contributed by atoms with Crippen molar-refractivity contribution in [3.8, 4) is 22.9 Å². The highest BCUT2D eigenvalue weighted by molar-refractivity contribution is 5.95. The van der Waals surface area contributed by atoms with E-state index in [-0.39, 0.29) is 0 Å². The van der Waals surface area contributed by atoms with Gasteiger partial charge < -0.3 is 20.5 Å². The van der Waals surface area contributed by atoms with Crippen LogP contribution in [0.5, 0.6) is 11.5 Å². The number of allylic oxidation sites excluding steroid dienone is 1. The van der Waals surface area contributed by atoms with Crippen LogP contribution < -0.4 is 20.5 Å². The zero-order valence-corrected chi connectivity index (χ0v) is 19.4. The number of fused-ring (bicyclic) bond motifs is 1. The molecule has 1 amide bonds. The molecule has 0 saturated carbocycles. The van der Waals surface area contributed by atoms with Gasteiger partial charge in [-0.05, 0) is 42.3 Å². The zero-order valence-electron chi connectivity index (χ0n) is 19.4. The van der Waals surface area contributed by atoms with Gasteiger partial charge in [0.2, 0.25) is 11.9 Å². The molecule has 0 spiro atoms. The first-order valence-corrected chi connectivity index (χ1v) is 11.2. The second-order valence-corrected chi connectivity index (χ2v) is 8.18. The highest BCUT2D eigenvalue weighted by Gasteiger charge is 2.33. The van der Waals surface area contributed by atoms with Gasteiger partial charge in [0.25, 0.3) is 0 Å². The maximum Gasteiger partial charge on any atom is 0.248 e. The summed E-state index contributed by atoms with van der Waals surface area (Å²) in [6.07, 6.45) is 0. The van der Waals surface area contributed by atoms with Crippen LogP contribution in [0.15, 0.2) is 90.1 Å². The van der Waals surface area contributed by atoms with Gasteiger partial charge in [-0.15, -0.1) is 5.10 Å². The fourth-order valence-electron chi connectivity index (χ4n) is 4.21. The molecule has 1 aliphatic rings. The van der Waals surface area contributed by atoms with E-state index in [0.717, 1.165) is 22.4 Å². The Kier molecular flexibility index (Phi) is 5.93. The number of hydrogen-bond donors (Lipinski definition) is 2. The molecule has 0 bridgehead atoms. The molecule has 0 radical (unpaired) electrons. The standard InChI is InChI=1S/C27H25N5O3/c1-17-23(25(28)33)24(19-12-14-20(15-13-19)35-16-18-8-4-3-5-9-18)32-27(29-17)30-26(31-32)21-10-6-7-11-22(21)34-2/h3-15,24H,16H2,1-2H3,(H2,28,33)(H,29,30,31). The third-order valence-electron chi connectivity index (χ3n) is 5.91. The van der Waals surface area contributed by atoms with Crippen molar-refractivity contribution in [2.24, 2.45) is 5.73 Å². The first kappa shape index (κ1) is 22.2. The Morgan fingerprint density at radius 2 is 1.74 bits per heavy atom. The van der Waals surface area contributed by atoms with Crippen LogP contribution in [0.3, 0.4) is 0 Å². The second-order valence-electron chi connectivity index (χ2n) is 8.18. The highest BCUT2D eigenvalue weighted by Crippen LogP contribution is 2.37. The van der Waals surface area contributed by atoms with Crippen LogP contribution in [0.2, 0.25) is 0 Å². The molecule has 0 saturated heterocycles. The summed E-state index contributed by atoms with van der Waals surface area (Å²) < 4.78 is 13.1. The molecule has 1 aliphatic heterocycles. The molecule has 0 aliphatic carbocycles. The van der Waals surface area contributed by atoms with Crippen molar-refractivity contribution >= 4 is 11.9 Å². The van der Waals surface area contributed by atoms with Gasteiger partial charge in [0.15, 0.2) is 5.82 Å². The summed E-state index contributed by atoms with van der Waals surface area (Å²) in [6.45, 7) is 2.28. The van der Waals surface area contributed by atoms with Crippen molar-refractivity contribution < 1.29 is 14.3 Å².